The lowest BCUT2D eigenvalue weighted by Crippen LogP contribution is -2.19. The Morgan fingerprint density at radius 1 is 0.967 bits per heavy atom. The molecule has 0 unspecified atom stereocenters. The lowest BCUT2D eigenvalue weighted by atomic mass is 10.2. The molecule has 0 atom stereocenters. The fourth-order valence-electron chi connectivity index (χ4n) is 2.67. The number of halogens is 1. The first-order valence-corrected chi connectivity index (χ1v) is 9.53. The molecule has 0 aliphatic carbocycles. The van der Waals surface area contributed by atoms with Crippen molar-refractivity contribution >= 4 is 46.3 Å². The average Bonchev–Trinajstić information content (AvgIpc) is 2.69. The topological polar surface area (TPSA) is 91.4 Å². The van der Waals surface area contributed by atoms with E-state index >= 15 is 0 Å². The molecule has 0 aliphatic rings. The SMILES string of the molecule is COc1ccc(NC(=O)Nc2ccc(Nc3cc(N(C)C)nc(C)n3)cc2)cc1Cl. The van der Waals surface area contributed by atoms with Gasteiger partial charge in [0.2, 0.25) is 0 Å². The normalized spacial score (nSPS) is 10.3. The number of carbonyl (C=O) groups is 1. The molecule has 2 amide bonds. The van der Waals surface area contributed by atoms with Crippen LogP contribution >= 0.6 is 11.6 Å². The van der Waals surface area contributed by atoms with E-state index in [0.717, 1.165) is 11.5 Å². The van der Waals surface area contributed by atoms with Crippen molar-refractivity contribution < 1.29 is 9.53 Å². The van der Waals surface area contributed by atoms with Crippen molar-refractivity contribution in [2.75, 3.05) is 42.1 Å². The Bertz CT molecular complexity index is 1040. The van der Waals surface area contributed by atoms with Gasteiger partial charge < -0.3 is 25.6 Å². The van der Waals surface area contributed by atoms with E-state index in [4.69, 9.17) is 16.3 Å². The third-order valence-corrected chi connectivity index (χ3v) is 4.40. The Hall–Kier alpha value is -3.52. The van der Waals surface area contributed by atoms with E-state index in [1.807, 2.05) is 44.1 Å². The summed E-state index contributed by atoms with van der Waals surface area (Å²) in [5, 5.41) is 9.18. The van der Waals surface area contributed by atoms with Crippen LogP contribution in [-0.4, -0.2) is 37.2 Å². The van der Waals surface area contributed by atoms with Crippen LogP contribution in [0.15, 0.2) is 48.5 Å². The van der Waals surface area contributed by atoms with Gasteiger partial charge >= 0.3 is 6.03 Å². The van der Waals surface area contributed by atoms with E-state index in [1.165, 1.54) is 7.11 Å². The van der Waals surface area contributed by atoms with Gasteiger partial charge in [-0.25, -0.2) is 14.8 Å². The van der Waals surface area contributed by atoms with Gasteiger partial charge in [-0.3, -0.25) is 0 Å². The van der Waals surface area contributed by atoms with Crippen molar-refractivity contribution in [3.63, 3.8) is 0 Å². The number of aryl methyl sites for hydroxylation is 1. The molecule has 8 nitrogen and oxygen atoms in total. The van der Waals surface area contributed by atoms with E-state index in [2.05, 4.69) is 25.9 Å². The number of methoxy groups -OCH3 is 1. The van der Waals surface area contributed by atoms with Crippen LogP contribution in [0, 0.1) is 6.92 Å². The van der Waals surface area contributed by atoms with Crippen LogP contribution in [0.5, 0.6) is 5.75 Å². The zero-order chi connectivity index (χ0) is 21.7. The second-order valence-corrected chi connectivity index (χ2v) is 7.09. The zero-order valence-corrected chi connectivity index (χ0v) is 17.9. The minimum absolute atomic E-state index is 0.376. The highest BCUT2D eigenvalue weighted by atomic mass is 35.5. The van der Waals surface area contributed by atoms with Gasteiger partial charge in [-0.1, -0.05) is 11.6 Å². The molecule has 1 aromatic heterocycles. The first-order valence-electron chi connectivity index (χ1n) is 9.15. The molecular weight excluding hydrogens is 404 g/mol. The van der Waals surface area contributed by atoms with Crippen molar-refractivity contribution in [2.45, 2.75) is 6.92 Å². The van der Waals surface area contributed by atoms with Crippen molar-refractivity contribution in [2.24, 2.45) is 0 Å². The van der Waals surface area contributed by atoms with E-state index in [0.29, 0.717) is 33.8 Å². The molecule has 1 heterocycles. The predicted octanol–water partition coefficient (Wildman–Crippen LogP) is 4.90. The standard InChI is InChI=1S/C21H23ClN6O2/c1-13-23-19(12-20(24-13)28(2)3)25-14-5-7-15(8-6-14)26-21(29)27-16-9-10-18(30-4)17(22)11-16/h5-12H,1-4H3,(H,23,24,25)(H2,26,27,29). The second kappa shape index (κ2) is 9.32. The van der Waals surface area contributed by atoms with E-state index in [9.17, 15) is 4.79 Å². The maximum Gasteiger partial charge on any atom is 0.323 e. The Kier molecular flexibility index (Phi) is 6.58. The Labute approximate surface area is 180 Å². The van der Waals surface area contributed by atoms with Gasteiger partial charge in [-0.2, -0.15) is 0 Å². The van der Waals surface area contributed by atoms with Gasteiger partial charge in [-0.05, 0) is 49.4 Å². The van der Waals surface area contributed by atoms with Gasteiger partial charge in [0.25, 0.3) is 0 Å². The van der Waals surface area contributed by atoms with Crippen LogP contribution in [0.1, 0.15) is 5.82 Å². The Balaban J connectivity index is 1.62. The molecule has 0 aliphatic heterocycles. The van der Waals surface area contributed by atoms with Gasteiger partial charge in [0.1, 0.15) is 23.2 Å². The number of nitrogens with zero attached hydrogens (tertiary/aromatic N) is 3. The molecule has 0 saturated heterocycles. The quantitative estimate of drug-likeness (QED) is 0.519. The molecule has 3 aromatic rings. The fraction of sp³-hybridized carbons (Fsp3) is 0.190. The highest BCUT2D eigenvalue weighted by Crippen LogP contribution is 2.27. The molecule has 0 bridgehead atoms. The Morgan fingerprint density at radius 2 is 1.60 bits per heavy atom. The summed E-state index contributed by atoms with van der Waals surface area (Å²) < 4.78 is 5.10. The number of aromatic nitrogens is 2. The number of nitrogens with one attached hydrogen (secondary N) is 3. The third-order valence-electron chi connectivity index (χ3n) is 4.11. The first-order chi connectivity index (χ1) is 14.3. The molecule has 0 fully saturated rings. The molecule has 3 rings (SSSR count). The maximum absolute atomic E-state index is 12.2. The Morgan fingerprint density at radius 3 is 2.23 bits per heavy atom. The fourth-order valence-corrected chi connectivity index (χ4v) is 2.93. The smallest absolute Gasteiger partial charge is 0.323 e. The molecule has 3 N–H and O–H groups in total. The molecule has 0 spiro atoms. The molecule has 156 valence electrons. The summed E-state index contributed by atoms with van der Waals surface area (Å²) in [5.74, 6) is 2.74. The van der Waals surface area contributed by atoms with Crippen LogP contribution in [0.2, 0.25) is 5.02 Å². The van der Waals surface area contributed by atoms with E-state index in [1.54, 1.807) is 30.3 Å². The monoisotopic (exact) mass is 426 g/mol. The van der Waals surface area contributed by atoms with Crippen molar-refractivity contribution in [1.82, 2.24) is 9.97 Å². The van der Waals surface area contributed by atoms with Crippen molar-refractivity contribution in [3.8, 4) is 5.75 Å². The number of amides is 2. The summed E-state index contributed by atoms with van der Waals surface area (Å²) in [6.07, 6.45) is 0. The number of urea groups is 1. The molecule has 9 heteroatoms. The van der Waals surface area contributed by atoms with Crippen LogP contribution in [0.4, 0.5) is 33.5 Å². The van der Waals surface area contributed by atoms with E-state index < -0.39 is 0 Å². The highest BCUT2D eigenvalue weighted by molar-refractivity contribution is 6.32. The summed E-state index contributed by atoms with van der Waals surface area (Å²) in [7, 11) is 5.39. The van der Waals surface area contributed by atoms with Crippen LogP contribution in [-0.2, 0) is 0 Å². The number of hydrogen-bond acceptors (Lipinski definition) is 6. The third kappa shape index (κ3) is 5.51. The summed E-state index contributed by atoms with van der Waals surface area (Å²) in [4.78, 5) is 22.9. The van der Waals surface area contributed by atoms with Crippen LogP contribution < -0.4 is 25.6 Å². The summed E-state index contributed by atoms with van der Waals surface area (Å²) >= 11 is 6.08. The molecule has 2 aromatic carbocycles. The lowest BCUT2D eigenvalue weighted by molar-refractivity contribution is 0.262. The number of carbonyl (C=O) groups excluding carboxylic acids is 1. The van der Waals surface area contributed by atoms with Gasteiger partial charge in [0.15, 0.2) is 0 Å². The second-order valence-electron chi connectivity index (χ2n) is 6.68. The number of hydrogen-bond donors (Lipinski definition) is 3. The first kappa shape index (κ1) is 21.2. The van der Waals surface area contributed by atoms with Crippen LogP contribution in [0.25, 0.3) is 0 Å². The zero-order valence-electron chi connectivity index (χ0n) is 17.2. The molecular formula is C21H23ClN6O2. The van der Waals surface area contributed by atoms with Crippen LogP contribution in [0.3, 0.4) is 0 Å². The summed E-state index contributed by atoms with van der Waals surface area (Å²) in [5.41, 5.74) is 2.05. The number of anilines is 5. The largest absolute Gasteiger partial charge is 0.495 e. The van der Waals surface area contributed by atoms with Crippen molar-refractivity contribution in [1.29, 1.82) is 0 Å². The highest BCUT2D eigenvalue weighted by Gasteiger charge is 2.07. The average molecular weight is 427 g/mol. The molecule has 0 radical (unpaired) electrons. The van der Waals surface area contributed by atoms with E-state index in [-0.39, 0.29) is 6.03 Å². The van der Waals surface area contributed by atoms with Crippen molar-refractivity contribution in [3.05, 3.63) is 59.4 Å². The minimum Gasteiger partial charge on any atom is -0.495 e. The lowest BCUT2D eigenvalue weighted by Gasteiger charge is -2.14. The minimum atomic E-state index is -0.376. The summed E-state index contributed by atoms with van der Waals surface area (Å²) in [6, 6.07) is 13.8. The number of ether oxygens (including phenoxy) is 1. The number of rotatable bonds is 6. The predicted molar refractivity (Wildman–Crippen MR) is 121 cm³/mol. The molecule has 0 saturated carbocycles. The van der Waals surface area contributed by atoms with Gasteiger partial charge in [0.05, 0.1) is 12.1 Å². The van der Waals surface area contributed by atoms with Gasteiger partial charge in [-0.15, -0.1) is 0 Å². The van der Waals surface area contributed by atoms with Gasteiger partial charge in [0, 0.05) is 37.2 Å². The number of benzene rings is 2. The summed E-state index contributed by atoms with van der Waals surface area (Å²) in [6.45, 7) is 1.85. The molecule has 30 heavy (non-hydrogen) atoms. The maximum atomic E-state index is 12.2.